The SMILES string of the molecule is Cn1c(N)nc(=O)n(-c2ccccc2)c1=O. The van der Waals surface area contributed by atoms with Crippen LogP contribution in [0.5, 0.6) is 0 Å². The van der Waals surface area contributed by atoms with Gasteiger partial charge in [-0.15, -0.1) is 0 Å². The van der Waals surface area contributed by atoms with Gasteiger partial charge in [-0.25, -0.2) is 14.2 Å². The second kappa shape index (κ2) is 3.65. The molecule has 2 rings (SSSR count). The van der Waals surface area contributed by atoms with Crippen LogP contribution in [-0.4, -0.2) is 14.1 Å². The fraction of sp³-hybridized carbons (Fsp3) is 0.100. The molecule has 0 bridgehead atoms. The van der Waals surface area contributed by atoms with Gasteiger partial charge < -0.3 is 5.73 Å². The standard InChI is InChI=1S/C10H10N4O2/c1-13-8(11)12-9(15)14(10(13)16)7-5-3-2-4-6-7/h2-6H,1H3,(H2,11,12,15). The zero-order valence-electron chi connectivity index (χ0n) is 8.62. The molecule has 2 N–H and O–H groups in total. The Bertz CT molecular complexity index is 628. The number of para-hydroxylation sites is 1. The lowest BCUT2D eigenvalue weighted by Crippen LogP contribution is -2.40. The van der Waals surface area contributed by atoms with E-state index in [0.717, 1.165) is 9.13 Å². The van der Waals surface area contributed by atoms with Crippen LogP contribution in [0, 0.1) is 0 Å². The van der Waals surface area contributed by atoms with Crippen molar-refractivity contribution >= 4 is 5.95 Å². The lowest BCUT2D eigenvalue weighted by Gasteiger charge is -2.07. The molecule has 82 valence electrons. The van der Waals surface area contributed by atoms with Gasteiger partial charge in [-0.05, 0) is 12.1 Å². The van der Waals surface area contributed by atoms with E-state index in [2.05, 4.69) is 4.98 Å². The average Bonchev–Trinajstić information content (AvgIpc) is 2.28. The average molecular weight is 218 g/mol. The van der Waals surface area contributed by atoms with Crippen LogP contribution in [0.4, 0.5) is 5.95 Å². The van der Waals surface area contributed by atoms with E-state index in [4.69, 9.17) is 5.73 Å². The molecule has 16 heavy (non-hydrogen) atoms. The molecular weight excluding hydrogens is 208 g/mol. The van der Waals surface area contributed by atoms with Gasteiger partial charge >= 0.3 is 11.4 Å². The van der Waals surface area contributed by atoms with Crippen LogP contribution < -0.4 is 17.1 Å². The highest BCUT2D eigenvalue weighted by Gasteiger charge is 2.08. The molecule has 0 saturated heterocycles. The van der Waals surface area contributed by atoms with E-state index in [1.807, 2.05) is 0 Å². The van der Waals surface area contributed by atoms with Gasteiger partial charge in [-0.3, -0.25) is 4.57 Å². The Morgan fingerprint density at radius 1 is 1.19 bits per heavy atom. The summed E-state index contributed by atoms with van der Waals surface area (Å²) >= 11 is 0. The Kier molecular flexibility index (Phi) is 2.32. The third kappa shape index (κ3) is 1.50. The second-order valence-corrected chi connectivity index (χ2v) is 3.27. The molecule has 0 atom stereocenters. The maximum absolute atomic E-state index is 11.8. The normalized spacial score (nSPS) is 10.3. The van der Waals surface area contributed by atoms with Crippen molar-refractivity contribution in [2.24, 2.45) is 7.05 Å². The van der Waals surface area contributed by atoms with Crippen LogP contribution in [0.1, 0.15) is 0 Å². The second-order valence-electron chi connectivity index (χ2n) is 3.27. The van der Waals surface area contributed by atoms with E-state index in [1.165, 1.54) is 7.05 Å². The van der Waals surface area contributed by atoms with Crippen molar-refractivity contribution in [3.63, 3.8) is 0 Å². The first kappa shape index (κ1) is 10.2. The number of rotatable bonds is 1. The van der Waals surface area contributed by atoms with Crippen molar-refractivity contribution in [3.8, 4) is 5.69 Å². The van der Waals surface area contributed by atoms with Gasteiger partial charge in [0.2, 0.25) is 5.95 Å². The quantitative estimate of drug-likeness (QED) is 0.700. The number of benzene rings is 1. The first-order valence-corrected chi connectivity index (χ1v) is 4.62. The van der Waals surface area contributed by atoms with Crippen LogP contribution in [-0.2, 0) is 7.05 Å². The smallest absolute Gasteiger partial charge is 0.359 e. The summed E-state index contributed by atoms with van der Waals surface area (Å²) in [6, 6.07) is 8.57. The van der Waals surface area contributed by atoms with Crippen molar-refractivity contribution in [2.75, 3.05) is 5.73 Å². The van der Waals surface area contributed by atoms with Crippen LogP contribution in [0.25, 0.3) is 5.69 Å². The Labute approximate surface area is 90.6 Å². The highest BCUT2D eigenvalue weighted by molar-refractivity contribution is 5.31. The lowest BCUT2D eigenvalue weighted by atomic mass is 10.3. The van der Waals surface area contributed by atoms with E-state index >= 15 is 0 Å². The van der Waals surface area contributed by atoms with Gasteiger partial charge in [0.25, 0.3) is 0 Å². The molecule has 1 aromatic carbocycles. The third-order valence-electron chi connectivity index (χ3n) is 2.24. The van der Waals surface area contributed by atoms with Gasteiger partial charge in [0.05, 0.1) is 5.69 Å². The number of hydrogen-bond donors (Lipinski definition) is 1. The molecule has 1 aromatic heterocycles. The minimum Gasteiger partial charge on any atom is -0.369 e. The molecule has 1 heterocycles. The molecule has 0 aliphatic carbocycles. The lowest BCUT2D eigenvalue weighted by molar-refractivity contribution is 0.707. The summed E-state index contributed by atoms with van der Waals surface area (Å²) in [5.41, 5.74) is 4.70. The summed E-state index contributed by atoms with van der Waals surface area (Å²) in [6.45, 7) is 0. The number of nitrogens with zero attached hydrogens (tertiary/aromatic N) is 3. The molecule has 0 radical (unpaired) electrons. The molecule has 2 aromatic rings. The molecular formula is C10H10N4O2. The van der Waals surface area contributed by atoms with Crippen molar-refractivity contribution < 1.29 is 0 Å². The largest absolute Gasteiger partial charge is 0.369 e. The number of aromatic nitrogens is 3. The fourth-order valence-corrected chi connectivity index (χ4v) is 1.35. The summed E-state index contributed by atoms with van der Waals surface area (Å²) in [7, 11) is 1.46. The van der Waals surface area contributed by atoms with Crippen molar-refractivity contribution in [2.45, 2.75) is 0 Å². The topological polar surface area (TPSA) is 82.9 Å². The zero-order valence-corrected chi connectivity index (χ0v) is 8.62. The molecule has 6 heteroatoms. The molecule has 0 unspecified atom stereocenters. The predicted molar refractivity (Wildman–Crippen MR) is 59.5 cm³/mol. The Morgan fingerprint density at radius 2 is 1.81 bits per heavy atom. The minimum atomic E-state index is -0.674. The van der Waals surface area contributed by atoms with Gasteiger partial charge in [0.15, 0.2) is 0 Å². The summed E-state index contributed by atoms with van der Waals surface area (Å²) in [4.78, 5) is 26.9. The van der Waals surface area contributed by atoms with E-state index in [1.54, 1.807) is 30.3 Å². The highest BCUT2D eigenvalue weighted by Crippen LogP contribution is 2.00. The molecule has 6 nitrogen and oxygen atoms in total. The summed E-state index contributed by atoms with van der Waals surface area (Å²) in [6.07, 6.45) is 0. The maximum atomic E-state index is 11.8. The minimum absolute atomic E-state index is 0.0952. The third-order valence-corrected chi connectivity index (χ3v) is 2.24. The Hall–Kier alpha value is -2.37. The number of nitrogens with two attached hydrogens (primary N) is 1. The van der Waals surface area contributed by atoms with E-state index < -0.39 is 11.4 Å². The molecule has 0 saturated carbocycles. The summed E-state index contributed by atoms with van der Waals surface area (Å²) in [5, 5.41) is 0. The Morgan fingerprint density at radius 3 is 2.44 bits per heavy atom. The van der Waals surface area contributed by atoms with Crippen LogP contribution in [0.15, 0.2) is 39.9 Å². The molecule has 0 amide bonds. The van der Waals surface area contributed by atoms with Gasteiger partial charge in [0, 0.05) is 7.05 Å². The molecule has 0 fully saturated rings. The summed E-state index contributed by atoms with van der Waals surface area (Å²) < 4.78 is 2.09. The van der Waals surface area contributed by atoms with Crippen molar-refractivity contribution in [1.29, 1.82) is 0 Å². The van der Waals surface area contributed by atoms with Crippen molar-refractivity contribution in [3.05, 3.63) is 51.3 Å². The van der Waals surface area contributed by atoms with Gasteiger partial charge in [-0.1, -0.05) is 18.2 Å². The number of hydrogen-bond acceptors (Lipinski definition) is 4. The Balaban J connectivity index is 2.82. The summed E-state index contributed by atoms with van der Waals surface area (Å²) in [5.74, 6) is -0.0952. The van der Waals surface area contributed by atoms with Gasteiger partial charge in [-0.2, -0.15) is 4.98 Å². The van der Waals surface area contributed by atoms with Gasteiger partial charge in [0.1, 0.15) is 0 Å². The van der Waals surface area contributed by atoms with Crippen LogP contribution >= 0.6 is 0 Å². The van der Waals surface area contributed by atoms with E-state index in [-0.39, 0.29) is 5.95 Å². The highest BCUT2D eigenvalue weighted by atomic mass is 16.2. The van der Waals surface area contributed by atoms with Crippen LogP contribution in [0.3, 0.4) is 0 Å². The van der Waals surface area contributed by atoms with Crippen molar-refractivity contribution in [1.82, 2.24) is 14.1 Å². The number of anilines is 1. The first-order chi connectivity index (χ1) is 7.61. The van der Waals surface area contributed by atoms with E-state index in [9.17, 15) is 9.59 Å². The first-order valence-electron chi connectivity index (χ1n) is 4.62. The predicted octanol–water partition coefficient (Wildman–Crippen LogP) is -0.487. The monoisotopic (exact) mass is 218 g/mol. The molecule has 0 aliphatic rings. The van der Waals surface area contributed by atoms with E-state index in [0.29, 0.717) is 5.69 Å². The molecule has 0 aliphatic heterocycles. The zero-order chi connectivity index (χ0) is 11.7. The van der Waals surface area contributed by atoms with Crippen LogP contribution in [0.2, 0.25) is 0 Å². The maximum Gasteiger partial charge on any atom is 0.359 e. The number of nitrogen functional groups attached to an aromatic ring is 1. The molecule has 0 spiro atoms. The fourth-order valence-electron chi connectivity index (χ4n) is 1.35.